The summed E-state index contributed by atoms with van der Waals surface area (Å²) in [4.78, 5) is 4.29. The van der Waals surface area contributed by atoms with Gasteiger partial charge in [0.1, 0.15) is 12.7 Å². The Balaban J connectivity index is 1.96. The Morgan fingerprint density at radius 2 is 1.59 bits per heavy atom. The fourth-order valence-electron chi connectivity index (χ4n) is 3.31. The average molecular weight is 385 g/mol. The predicted molar refractivity (Wildman–Crippen MR) is 107 cm³/mol. The van der Waals surface area contributed by atoms with Gasteiger partial charge in [-0.1, -0.05) is 12.1 Å². The summed E-state index contributed by atoms with van der Waals surface area (Å²) in [5.74, 6) is 0. The summed E-state index contributed by atoms with van der Waals surface area (Å²) in [5, 5.41) is 4.08. The Hall–Kier alpha value is -2.67. The second-order valence-electron chi connectivity index (χ2n) is 6.85. The van der Waals surface area contributed by atoms with Gasteiger partial charge in [-0.3, -0.25) is 4.72 Å². The van der Waals surface area contributed by atoms with Crippen molar-refractivity contribution < 1.29 is 8.42 Å². The molecule has 0 radical (unpaired) electrons. The molecule has 6 nitrogen and oxygen atoms in total. The fraction of sp³-hybridized carbons (Fsp3) is 0.300. The molecule has 0 saturated carbocycles. The zero-order valence-corrected chi connectivity index (χ0v) is 17.1. The van der Waals surface area contributed by atoms with E-state index in [0.717, 1.165) is 33.4 Å². The summed E-state index contributed by atoms with van der Waals surface area (Å²) in [7, 11) is -3.70. The molecule has 7 heteroatoms. The van der Waals surface area contributed by atoms with Crippen LogP contribution in [0.25, 0.3) is 0 Å². The molecule has 0 aliphatic rings. The molecule has 1 aromatic heterocycles. The van der Waals surface area contributed by atoms with Crippen molar-refractivity contribution in [2.75, 3.05) is 4.72 Å². The molecule has 0 unspecified atom stereocenters. The highest BCUT2D eigenvalue weighted by Gasteiger charge is 2.23. The van der Waals surface area contributed by atoms with E-state index in [1.54, 1.807) is 17.1 Å². The van der Waals surface area contributed by atoms with E-state index in [0.29, 0.717) is 17.1 Å². The van der Waals surface area contributed by atoms with Gasteiger partial charge in [-0.05, 0) is 80.1 Å². The van der Waals surface area contributed by atoms with Crippen molar-refractivity contribution >= 4 is 15.7 Å². The van der Waals surface area contributed by atoms with E-state index in [1.165, 1.54) is 6.33 Å². The van der Waals surface area contributed by atoms with E-state index in [4.69, 9.17) is 0 Å². The Bertz CT molecular complexity index is 1060. The number of benzene rings is 2. The average Bonchev–Trinajstić information content (AvgIpc) is 3.11. The highest BCUT2D eigenvalue weighted by atomic mass is 32.2. The van der Waals surface area contributed by atoms with Gasteiger partial charge in [-0.25, -0.2) is 18.1 Å². The molecular weight excluding hydrogens is 360 g/mol. The Kier molecular flexibility index (Phi) is 5.06. The number of sulfonamides is 1. The van der Waals surface area contributed by atoms with Crippen LogP contribution in [0.4, 0.5) is 5.69 Å². The highest BCUT2D eigenvalue weighted by Crippen LogP contribution is 2.30. The molecule has 0 aliphatic heterocycles. The van der Waals surface area contributed by atoms with Crippen LogP contribution >= 0.6 is 0 Å². The fourth-order valence-corrected chi connectivity index (χ4v) is 4.96. The Morgan fingerprint density at radius 3 is 2.19 bits per heavy atom. The van der Waals surface area contributed by atoms with Crippen LogP contribution in [0.1, 0.15) is 33.4 Å². The van der Waals surface area contributed by atoms with E-state index >= 15 is 0 Å². The van der Waals surface area contributed by atoms with Crippen molar-refractivity contribution in [1.29, 1.82) is 0 Å². The molecule has 0 amide bonds. The number of hydrogen-bond acceptors (Lipinski definition) is 4. The zero-order chi connectivity index (χ0) is 19.8. The van der Waals surface area contributed by atoms with Crippen LogP contribution in [0.2, 0.25) is 0 Å². The maximum Gasteiger partial charge on any atom is 0.262 e. The van der Waals surface area contributed by atoms with E-state index in [2.05, 4.69) is 14.8 Å². The minimum absolute atomic E-state index is 0.366. The SMILES string of the molecule is Cc1c(C)c(C)c(S(=O)(=O)Nc2cccc(Cn3cncn3)c2)c(C)c1C. The molecule has 1 heterocycles. The largest absolute Gasteiger partial charge is 0.280 e. The van der Waals surface area contributed by atoms with Gasteiger partial charge in [0, 0.05) is 5.69 Å². The van der Waals surface area contributed by atoms with Gasteiger partial charge in [0.2, 0.25) is 0 Å². The second kappa shape index (κ2) is 7.15. The standard InChI is InChI=1S/C20H24N4O2S/c1-13-14(2)16(4)20(17(5)15(13)3)27(25,26)23-19-8-6-7-18(9-19)10-24-12-21-11-22-24/h6-9,11-12,23H,10H2,1-5H3. The van der Waals surface area contributed by atoms with Crippen molar-refractivity contribution in [1.82, 2.24) is 14.8 Å². The van der Waals surface area contributed by atoms with Gasteiger partial charge in [0.05, 0.1) is 11.4 Å². The first kappa shape index (κ1) is 19.1. The Morgan fingerprint density at radius 1 is 0.963 bits per heavy atom. The quantitative estimate of drug-likeness (QED) is 0.728. The number of anilines is 1. The van der Waals surface area contributed by atoms with Crippen molar-refractivity contribution in [3.63, 3.8) is 0 Å². The van der Waals surface area contributed by atoms with E-state index in [1.807, 2.05) is 52.8 Å². The van der Waals surface area contributed by atoms with Crippen molar-refractivity contribution in [3.05, 3.63) is 70.3 Å². The minimum atomic E-state index is -3.70. The van der Waals surface area contributed by atoms with Crippen LogP contribution < -0.4 is 4.72 Å². The van der Waals surface area contributed by atoms with Gasteiger partial charge >= 0.3 is 0 Å². The third-order valence-corrected chi connectivity index (χ3v) is 6.84. The molecule has 0 bridgehead atoms. The summed E-state index contributed by atoms with van der Waals surface area (Å²) < 4.78 is 30.7. The number of rotatable bonds is 5. The molecule has 1 N–H and O–H groups in total. The number of hydrogen-bond donors (Lipinski definition) is 1. The summed E-state index contributed by atoms with van der Waals surface area (Å²) in [6.07, 6.45) is 3.10. The summed E-state index contributed by atoms with van der Waals surface area (Å²) in [6.45, 7) is 10.2. The molecule has 0 saturated heterocycles. The van der Waals surface area contributed by atoms with Crippen molar-refractivity contribution in [2.24, 2.45) is 0 Å². The van der Waals surface area contributed by atoms with Crippen LogP contribution in [0, 0.1) is 34.6 Å². The molecule has 142 valence electrons. The first-order chi connectivity index (χ1) is 12.7. The molecule has 0 atom stereocenters. The lowest BCUT2D eigenvalue weighted by Gasteiger charge is -2.19. The summed E-state index contributed by atoms with van der Waals surface area (Å²) >= 11 is 0. The van der Waals surface area contributed by atoms with Crippen LogP contribution in [0.15, 0.2) is 41.8 Å². The summed E-state index contributed by atoms with van der Waals surface area (Å²) in [6, 6.07) is 7.32. The zero-order valence-electron chi connectivity index (χ0n) is 16.2. The highest BCUT2D eigenvalue weighted by molar-refractivity contribution is 7.92. The van der Waals surface area contributed by atoms with Gasteiger partial charge in [-0.15, -0.1) is 0 Å². The molecule has 2 aromatic carbocycles. The van der Waals surface area contributed by atoms with Crippen molar-refractivity contribution in [2.45, 2.75) is 46.1 Å². The molecule has 27 heavy (non-hydrogen) atoms. The first-order valence-electron chi connectivity index (χ1n) is 8.72. The monoisotopic (exact) mass is 384 g/mol. The minimum Gasteiger partial charge on any atom is -0.280 e. The van der Waals surface area contributed by atoms with Gasteiger partial charge in [0.25, 0.3) is 10.0 Å². The molecule has 0 fully saturated rings. The normalized spacial score (nSPS) is 11.6. The third kappa shape index (κ3) is 3.73. The second-order valence-corrected chi connectivity index (χ2v) is 8.47. The van der Waals surface area contributed by atoms with Gasteiger partial charge in [0.15, 0.2) is 0 Å². The van der Waals surface area contributed by atoms with Crippen molar-refractivity contribution in [3.8, 4) is 0 Å². The van der Waals surface area contributed by atoms with Gasteiger partial charge < -0.3 is 0 Å². The lowest BCUT2D eigenvalue weighted by Crippen LogP contribution is -2.18. The summed E-state index contributed by atoms with van der Waals surface area (Å²) in [5.41, 5.74) is 6.21. The Labute approximate surface area is 160 Å². The third-order valence-electron chi connectivity index (χ3n) is 5.19. The maximum atomic E-state index is 13.1. The molecule has 3 aromatic rings. The molecule has 3 rings (SSSR count). The van der Waals surface area contributed by atoms with E-state index < -0.39 is 10.0 Å². The lowest BCUT2D eigenvalue weighted by molar-refractivity contribution is 0.599. The molecular formula is C20H24N4O2S. The predicted octanol–water partition coefficient (Wildman–Crippen LogP) is 3.67. The number of nitrogens with one attached hydrogen (secondary N) is 1. The van der Waals surface area contributed by atoms with Crippen LogP contribution in [0.5, 0.6) is 0 Å². The number of aromatic nitrogens is 3. The van der Waals surface area contributed by atoms with Crippen LogP contribution in [-0.4, -0.2) is 23.2 Å². The number of nitrogens with zero attached hydrogens (tertiary/aromatic N) is 3. The topological polar surface area (TPSA) is 76.9 Å². The van der Waals surface area contributed by atoms with E-state index in [9.17, 15) is 8.42 Å². The van der Waals surface area contributed by atoms with Crippen LogP contribution in [-0.2, 0) is 16.6 Å². The van der Waals surface area contributed by atoms with Crippen LogP contribution in [0.3, 0.4) is 0 Å². The maximum absolute atomic E-state index is 13.1. The lowest BCUT2D eigenvalue weighted by atomic mass is 9.95. The molecule has 0 spiro atoms. The van der Waals surface area contributed by atoms with Gasteiger partial charge in [-0.2, -0.15) is 5.10 Å². The first-order valence-corrected chi connectivity index (χ1v) is 10.2. The van der Waals surface area contributed by atoms with E-state index in [-0.39, 0.29) is 0 Å². The molecule has 0 aliphatic carbocycles. The smallest absolute Gasteiger partial charge is 0.262 e.